The molecule has 1 amide bonds. The number of rotatable bonds is 4. The molecular weight excluding hydrogens is 314 g/mol. The number of hydrogen-bond donors (Lipinski definition) is 1. The Morgan fingerprint density at radius 1 is 1.53 bits per heavy atom. The van der Waals surface area contributed by atoms with Crippen molar-refractivity contribution in [3.05, 3.63) is 39.8 Å². The van der Waals surface area contributed by atoms with E-state index in [0.29, 0.717) is 11.6 Å². The van der Waals surface area contributed by atoms with Gasteiger partial charge in [-0.25, -0.2) is 4.98 Å². The number of nitrogens with one attached hydrogen (secondary N) is 1. The smallest absolute Gasteiger partial charge is 0.279 e. The van der Waals surface area contributed by atoms with Crippen molar-refractivity contribution in [2.24, 2.45) is 0 Å². The summed E-state index contributed by atoms with van der Waals surface area (Å²) in [6.45, 7) is 2.11. The van der Waals surface area contributed by atoms with Gasteiger partial charge in [-0.1, -0.05) is 5.16 Å². The van der Waals surface area contributed by atoms with Gasteiger partial charge in [0.05, 0.1) is 5.69 Å². The minimum atomic E-state index is -0.375. The second kappa shape index (κ2) is 5.94. The molecule has 0 aliphatic carbocycles. The minimum absolute atomic E-state index is 0.189. The van der Waals surface area contributed by atoms with Crippen molar-refractivity contribution in [1.82, 2.24) is 10.1 Å². The van der Waals surface area contributed by atoms with Gasteiger partial charge in [0.15, 0.2) is 11.5 Å². The van der Waals surface area contributed by atoms with Crippen LogP contribution in [0.15, 0.2) is 27.2 Å². The first kappa shape index (κ1) is 13.7. The fourth-order valence-electron chi connectivity index (χ4n) is 1.42. The molecule has 7 heteroatoms. The van der Waals surface area contributed by atoms with Crippen LogP contribution in [0.3, 0.4) is 0 Å². The van der Waals surface area contributed by atoms with Crippen LogP contribution in [0.5, 0.6) is 0 Å². The molecule has 0 radical (unpaired) electrons. The van der Waals surface area contributed by atoms with Crippen molar-refractivity contribution < 1.29 is 14.1 Å². The fourth-order valence-corrected chi connectivity index (χ4v) is 1.65. The zero-order valence-corrected chi connectivity index (χ0v) is 12.0. The maximum Gasteiger partial charge on any atom is 0.279 e. The first-order valence-corrected chi connectivity index (χ1v) is 6.28. The molecule has 0 saturated heterocycles. The van der Waals surface area contributed by atoms with Crippen LogP contribution in [0.25, 0.3) is 0 Å². The van der Waals surface area contributed by atoms with Crippen LogP contribution in [0.2, 0.25) is 0 Å². The summed E-state index contributed by atoms with van der Waals surface area (Å²) < 4.78 is 10.7. The van der Waals surface area contributed by atoms with E-state index >= 15 is 0 Å². The molecular formula is C12H12BrN3O3. The van der Waals surface area contributed by atoms with Crippen molar-refractivity contribution >= 4 is 27.7 Å². The highest BCUT2D eigenvalue weighted by Crippen LogP contribution is 2.16. The molecule has 0 aliphatic rings. The Bertz CT molecular complexity index is 598. The first-order chi connectivity index (χ1) is 9.10. The number of pyridine rings is 1. The van der Waals surface area contributed by atoms with Gasteiger partial charge < -0.3 is 14.6 Å². The first-order valence-electron chi connectivity index (χ1n) is 5.49. The monoisotopic (exact) mass is 325 g/mol. The molecule has 0 bridgehead atoms. The van der Waals surface area contributed by atoms with Crippen LogP contribution in [-0.4, -0.2) is 23.2 Å². The maximum atomic E-state index is 11.9. The Hall–Kier alpha value is -1.73. The molecule has 100 valence electrons. The zero-order valence-electron chi connectivity index (χ0n) is 10.4. The second-order valence-corrected chi connectivity index (χ2v) is 4.68. The SMILES string of the molecule is COCc1cc(C(=O)Nc2ccc(Br)c(C)n2)no1. The van der Waals surface area contributed by atoms with E-state index in [-0.39, 0.29) is 18.2 Å². The molecule has 19 heavy (non-hydrogen) atoms. The zero-order chi connectivity index (χ0) is 13.8. The molecule has 0 saturated carbocycles. The summed E-state index contributed by atoms with van der Waals surface area (Å²) in [5, 5.41) is 6.31. The van der Waals surface area contributed by atoms with Crippen LogP contribution in [0.1, 0.15) is 21.9 Å². The van der Waals surface area contributed by atoms with E-state index in [4.69, 9.17) is 9.26 Å². The van der Waals surface area contributed by atoms with Gasteiger partial charge in [0.2, 0.25) is 0 Å². The number of ether oxygens (including phenoxy) is 1. The molecule has 0 spiro atoms. The van der Waals surface area contributed by atoms with Crippen molar-refractivity contribution in [3.8, 4) is 0 Å². The van der Waals surface area contributed by atoms with Crippen LogP contribution in [0, 0.1) is 6.92 Å². The lowest BCUT2D eigenvalue weighted by atomic mass is 10.3. The second-order valence-electron chi connectivity index (χ2n) is 3.83. The highest BCUT2D eigenvalue weighted by molar-refractivity contribution is 9.10. The van der Waals surface area contributed by atoms with Gasteiger partial charge in [0.1, 0.15) is 12.4 Å². The molecule has 0 atom stereocenters. The quantitative estimate of drug-likeness (QED) is 0.934. The number of aromatic nitrogens is 2. The van der Waals surface area contributed by atoms with Crippen molar-refractivity contribution in [2.75, 3.05) is 12.4 Å². The average molecular weight is 326 g/mol. The number of amides is 1. The normalized spacial score (nSPS) is 10.5. The van der Waals surface area contributed by atoms with Gasteiger partial charge >= 0.3 is 0 Å². The van der Waals surface area contributed by atoms with Gasteiger partial charge in [-0.05, 0) is 35.0 Å². The van der Waals surface area contributed by atoms with E-state index in [1.54, 1.807) is 6.07 Å². The van der Waals surface area contributed by atoms with E-state index < -0.39 is 0 Å². The number of carbonyl (C=O) groups is 1. The lowest BCUT2D eigenvalue weighted by molar-refractivity contribution is 0.101. The van der Waals surface area contributed by atoms with E-state index in [0.717, 1.165) is 10.2 Å². The third-order valence-electron chi connectivity index (χ3n) is 2.34. The Morgan fingerprint density at radius 3 is 3.00 bits per heavy atom. The number of methoxy groups -OCH3 is 1. The number of carbonyl (C=O) groups excluding carboxylic acids is 1. The third-order valence-corrected chi connectivity index (χ3v) is 3.18. The molecule has 0 aromatic carbocycles. The molecule has 0 aliphatic heterocycles. The molecule has 2 rings (SSSR count). The van der Waals surface area contributed by atoms with Crippen LogP contribution in [-0.2, 0) is 11.3 Å². The Balaban J connectivity index is 2.09. The van der Waals surface area contributed by atoms with Crippen LogP contribution < -0.4 is 5.32 Å². The highest BCUT2D eigenvalue weighted by Gasteiger charge is 2.13. The van der Waals surface area contributed by atoms with E-state index in [1.807, 2.05) is 13.0 Å². The lowest BCUT2D eigenvalue weighted by Crippen LogP contribution is -2.13. The number of anilines is 1. The number of hydrogen-bond acceptors (Lipinski definition) is 5. The third kappa shape index (κ3) is 3.39. The molecule has 2 heterocycles. The Labute approximate surface area is 118 Å². The summed E-state index contributed by atoms with van der Waals surface area (Å²) in [5.74, 6) is 0.579. The molecule has 1 N–H and O–H groups in total. The minimum Gasteiger partial charge on any atom is -0.377 e. The standard InChI is InChI=1S/C12H12BrN3O3/c1-7-9(13)3-4-11(14-7)15-12(17)10-5-8(6-18-2)19-16-10/h3-5H,6H2,1-2H3,(H,14,15,17). The molecule has 0 unspecified atom stereocenters. The molecule has 6 nitrogen and oxygen atoms in total. The fraction of sp³-hybridized carbons (Fsp3) is 0.250. The summed E-state index contributed by atoms with van der Waals surface area (Å²) in [6, 6.07) is 5.05. The van der Waals surface area contributed by atoms with Gasteiger partial charge in [-0.2, -0.15) is 0 Å². The van der Waals surface area contributed by atoms with Gasteiger partial charge in [0, 0.05) is 17.6 Å². The number of aryl methyl sites for hydroxylation is 1. The van der Waals surface area contributed by atoms with E-state index in [1.165, 1.54) is 13.2 Å². The van der Waals surface area contributed by atoms with E-state index in [9.17, 15) is 4.79 Å². The van der Waals surface area contributed by atoms with Crippen molar-refractivity contribution in [3.63, 3.8) is 0 Å². The molecule has 2 aromatic rings. The summed E-state index contributed by atoms with van der Waals surface area (Å²) in [4.78, 5) is 16.1. The maximum absolute atomic E-state index is 11.9. The summed E-state index contributed by atoms with van der Waals surface area (Å²) >= 11 is 3.34. The average Bonchev–Trinajstić information content (AvgIpc) is 2.83. The predicted octanol–water partition coefficient (Wildman–Crippen LogP) is 2.54. The summed E-state index contributed by atoms with van der Waals surface area (Å²) in [7, 11) is 1.54. The van der Waals surface area contributed by atoms with Crippen molar-refractivity contribution in [2.45, 2.75) is 13.5 Å². The van der Waals surface area contributed by atoms with Crippen molar-refractivity contribution in [1.29, 1.82) is 0 Å². The van der Waals surface area contributed by atoms with Gasteiger partial charge in [-0.3, -0.25) is 4.79 Å². The van der Waals surface area contributed by atoms with Gasteiger partial charge in [-0.15, -0.1) is 0 Å². The summed E-state index contributed by atoms with van der Waals surface area (Å²) in [5.41, 5.74) is 0.979. The summed E-state index contributed by atoms with van der Waals surface area (Å²) in [6.07, 6.45) is 0. The number of nitrogens with zero attached hydrogens (tertiary/aromatic N) is 2. The van der Waals surface area contributed by atoms with Gasteiger partial charge in [0.25, 0.3) is 5.91 Å². The predicted molar refractivity (Wildman–Crippen MR) is 71.8 cm³/mol. The number of halogens is 1. The Morgan fingerprint density at radius 2 is 2.32 bits per heavy atom. The highest BCUT2D eigenvalue weighted by atomic mass is 79.9. The Kier molecular flexibility index (Phi) is 4.28. The molecule has 2 aromatic heterocycles. The molecule has 0 fully saturated rings. The van der Waals surface area contributed by atoms with Crippen LogP contribution in [0.4, 0.5) is 5.82 Å². The van der Waals surface area contributed by atoms with Crippen LogP contribution >= 0.6 is 15.9 Å². The lowest BCUT2D eigenvalue weighted by Gasteiger charge is -2.03. The van der Waals surface area contributed by atoms with E-state index in [2.05, 4.69) is 31.4 Å². The topological polar surface area (TPSA) is 77.2 Å². The largest absolute Gasteiger partial charge is 0.377 e.